The lowest BCUT2D eigenvalue weighted by atomic mass is 10.2. The molecular weight excluding hydrogens is 356 g/mol. The summed E-state index contributed by atoms with van der Waals surface area (Å²) >= 11 is 3.15. The van der Waals surface area contributed by atoms with E-state index in [2.05, 4.69) is 10.3 Å². The molecule has 7 heteroatoms. The Labute approximate surface area is 153 Å². The van der Waals surface area contributed by atoms with Gasteiger partial charge in [0, 0.05) is 4.88 Å². The fourth-order valence-electron chi connectivity index (χ4n) is 2.20. The number of ether oxygens (including phenoxy) is 1. The van der Waals surface area contributed by atoms with E-state index in [9.17, 15) is 9.59 Å². The van der Waals surface area contributed by atoms with Gasteiger partial charge in [-0.1, -0.05) is 12.1 Å². The summed E-state index contributed by atoms with van der Waals surface area (Å²) in [5.74, 6) is -0.878. The zero-order valence-electron chi connectivity index (χ0n) is 13.5. The van der Waals surface area contributed by atoms with Gasteiger partial charge in [0.05, 0.1) is 28.4 Å². The number of nitrogens with zero attached hydrogens (tertiary/aromatic N) is 1. The molecule has 3 aromatic heterocycles. The van der Waals surface area contributed by atoms with Crippen molar-refractivity contribution in [1.82, 2.24) is 10.3 Å². The molecular formula is C18H16N2O3S2. The van der Waals surface area contributed by atoms with E-state index in [0.717, 1.165) is 15.4 Å². The molecule has 0 spiro atoms. The smallest absolute Gasteiger partial charge is 0.340 e. The molecule has 0 aliphatic carbocycles. The molecule has 0 saturated carbocycles. The Morgan fingerprint density at radius 1 is 1.12 bits per heavy atom. The molecule has 0 aliphatic heterocycles. The second-order valence-electron chi connectivity index (χ2n) is 5.24. The number of hydrogen-bond acceptors (Lipinski definition) is 6. The Morgan fingerprint density at radius 3 is 2.60 bits per heavy atom. The van der Waals surface area contributed by atoms with Crippen LogP contribution in [0, 0.1) is 6.92 Å². The van der Waals surface area contributed by atoms with Crippen LogP contribution in [0.25, 0.3) is 10.6 Å². The Hall–Kier alpha value is -2.51. The number of thiophene rings is 2. The Bertz CT molecular complexity index is 859. The molecule has 0 aromatic carbocycles. The van der Waals surface area contributed by atoms with Crippen molar-refractivity contribution in [3.05, 3.63) is 63.3 Å². The molecule has 1 N–H and O–H groups in total. The van der Waals surface area contributed by atoms with E-state index in [1.165, 1.54) is 0 Å². The van der Waals surface area contributed by atoms with E-state index in [1.54, 1.807) is 41.7 Å². The maximum absolute atomic E-state index is 12.2. The van der Waals surface area contributed by atoms with Crippen LogP contribution in [0.4, 0.5) is 0 Å². The molecule has 25 heavy (non-hydrogen) atoms. The first-order valence-electron chi connectivity index (χ1n) is 7.61. The van der Waals surface area contributed by atoms with Crippen LogP contribution in [0.2, 0.25) is 0 Å². The number of hydrogen-bond donors (Lipinski definition) is 1. The molecule has 0 radical (unpaired) electrons. The van der Waals surface area contributed by atoms with Crippen molar-refractivity contribution in [3.63, 3.8) is 0 Å². The minimum Gasteiger partial charge on any atom is -0.452 e. The van der Waals surface area contributed by atoms with Crippen LogP contribution < -0.4 is 5.32 Å². The SMILES string of the molecule is Cc1nc(-c2cccs2)ccc1C(=O)OCC(=O)NCc1cccs1. The summed E-state index contributed by atoms with van der Waals surface area (Å²) < 4.78 is 5.09. The fourth-order valence-corrected chi connectivity index (χ4v) is 3.54. The van der Waals surface area contributed by atoms with Gasteiger partial charge in [0.2, 0.25) is 0 Å². The molecule has 1 amide bonds. The summed E-state index contributed by atoms with van der Waals surface area (Å²) in [6.45, 7) is 1.88. The molecule has 0 unspecified atom stereocenters. The van der Waals surface area contributed by atoms with Crippen molar-refractivity contribution in [3.8, 4) is 10.6 Å². The minimum atomic E-state index is -0.547. The van der Waals surface area contributed by atoms with E-state index >= 15 is 0 Å². The molecule has 3 heterocycles. The largest absolute Gasteiger partial charge is 0.452 e. The third-order valence-corrected chi connectivity index (χ3v) is 5.22. The van der Waals surface area contributed by atoms with E-state index in [1.807, 2.05) is 35.0 Å². The molecule has 128 valence electrons. The summed E-state index contributed by atoms with van der Waals surface area (Å²) in [5, 5.41) is 6.63. The number of esters is 1. The lowest BCUT2D eigenvalue weighted by molar-refractivity contribution is -0.124. The van der Waals surface area contributed by atoms with Crippen LogP contribution in [-0.4, -0.2) is 23.5 Å². The lowest BCUT2D eigenvalue weighted by Gasteiger charge is -2.08. The Morgan fingerprint density at radius 2 is 1.92 bits per heavy atom. The van der Waals surface area contributed by atoms with E-state index < -0.39 is 5.97 Å². The molecule has 0 bridgehead atoms. The van der Waals surface area contributed by atoms with Crippen LogP contribution in [0.1, 0.15) is 20.9 Å². The molecule has 0 aliphatic rings. The van der Waals surface area contributed by atoms with Gasteiger partial charge in [-0.25, -0.2) is 4.79 Å². The van der Waals surface area contributed by atoms with Crippen molar-refractivity contribution >= 4 is 34.6 Å². The van der Waals surface area contributed by atoms with Gasteiger partial charge in [0.15, 0.2) is 6.61 Å². The van der Waals surface area contributed by atoms with Crippen molar-refractivity contribution in [1.29, 1.82) is 0 Å². The lowest BCUT2D eigenvalue weighted by Crippen LogP contribution is -2.28. The standard InChI is InChI=1S/C18H16N2O3S2/c1-12-14(6-7-15(20-12)16-5-3-9-25-16)18(22)23-11-17(21)19-10-13-4-2-8-24-13/h2-9H,10-11H2,1H3,(H,19,21). The van der Waals surface area contributed by atoms with Crippen LogP contribution >= 0.6 is 22.7 Å². The highest BCUT2D eigenvalue weighted by Crippen LogP contribution is 2.23. The van der Waals surface area contributed by atoms with Crippen molar-refractivity contribution in [2.24, 2.45) is 0 Å². The number of rotatable bonds is 6. The van der Waals surface area contributed by atoms with Gasteiger partial charge >= 0.3 is 5.97 Å². The molecule has 0 atom stereocenters. The first-order chi connectivity index (χ1) is 12.1. The summed E-state index contributed by atoms with van der Waals surface area (Å²) in [6.07, 6.45) is 0. The Balaban J connectivity index is 1.55. The van der Waals surface area contributed by atoms with Gasteiger partial charge in [0.1, 0.15) is 0 Å². The predicted molar refractivity (Wildman–Crippen MR) is 98.7 cm³/mol. The molecule has 3 rings (SSSR count). The highest BCUT2D eigenvalue weighted by Gasteiger charge is 2.14. The monoisotopic (exact) mass is 372 g/mol. The molecule has 0 fully saturated rings. The molecule has 0 saturated heterocycles. The minimum absolute atomic E-state index is 0.309. The van der Waals surface area contributed by atoms with Gasteiger partial charge in [-0.3, -0.25) is 9.78 Å². The zero-order valence-corrected chi connectivity index (χ0v) is 15.2. The van der Waals surface area contributed by atoms with Gasteiger partial charge in [-0.05, 0) is 41.9 Å². The average Bonchev–Trinajstić information content (AvgIpc) is 3.31. The number of aromatic nitrogens is 1. The number of amides is 1. The maximum atomic E-state index is 12.2. The molecule has 5 nitrogen and oxygen atoms in total. The third kappa shape index (κ3) is 4.52. The quantitative estimate of drug-likeness (QED) is 0.671. The maximum Gasteiger partial charge on any atom is 0.340 e. The number of aryl methyl sites for hydroxylation is 1. The Kier molecular flexibility index (Phi) is 5.57. The van der Waals surface area contributed by atoms with Crippen molar-refractivity contribution in [2.75, 3.05) is 6.61 Å². The van der Waals surface area contributed by atoms with Crippen LogP contribution in [0.3, 0.4) is 0 Å². The van der Waals surface area contributed by atoms with Crippen LogP contribution in [0.15, 0.2) is 47.2 Å². The highest BCUT2D eigenvalue weighted by atomic mass is 32.1. The first-order valence-corrected chi connectivity index (χ1v) is 9.37. The summed E-state index contributed by atoms with van der Waals surface area (Å²) in [7, 11) is 0. The van der Waals surface area contributed by atoms with Gasteiger partial charge in [-0.15, -0.1) is 22.7 Å². The van der Waals surface area contributed by atoms with Gasteiger partial charge in [-0.2, -0.15) is 0 Å². The van der Waals surface area contributed by atoms with E-state index in [0.29, 0.717) is 17.8 Å². The number of carbonyl (C=O) groups excluding carboxylic acids is 2. The average molecular weight is 372 g/mol. The second-order valence-corrected chi connectivity index (χ2v) is 7.22. The second kappa shape index (κ2) is 8.04. The first kappa shape index (κ1) is 17.3. The summed E-state index contributed by atoms with van der Waals surface area (Å²) in [5.41, 5.74) is 1.76. The van der Waals surface area contributed by atoms with E-state index in [-0.39, 0.29) is 12.5 Å². The topological polar surface area (TPSA) is 68.3 Å². The van der Waals surface area contributed by atoms with Crippen LogP contribution in [0.5, 0.6) is 0 Å². The van der Waals surface area contributed by atoms with E-state index in [4.69, 9.17) is 4.74 Å². The van der Waals surface area contributed by atoms with Crippen LogP contribution in [-0.2, 0) is 16.1 Å². The molecule has 3 aromatic rings. The number of pyridine rings is 1. The summed E-state index contributed by atoms with van der Waals surface area (Å²) in [6, 6.07) is 11.2. The van der Waals surface area contributed by atoms with Crippen molar-refractivity contribution in [2.45, 2.75) is 13.5 Å². The third-order valence-electron chi connectivity index (χ3n) is 3.45. The van der Waals surface area contributed by atoms with Gasteiger partial charge < -0.3 is 10.1 Å². The summed E-state index contributed by atoms with van der Waals surface area (Å²) in [4.78, 5) is 30.5. The highest BCUT2D eigenvalue weighted by molar-refractivity contribution is 7.13. The van der Waals surface area contributed by atoms with Gasteiger partial charge in [0.25, 0.3) is 5.91 Å². The zero-order chi connectivity index (χ0) is 17.6. The van der Waals surface area contributed by atoms with Crippen molar-refractivity contribution < 1.29 is 14.3 Å². The number of carbonyl (C=O) groups is 2. The fraction of sp³-hybridized carbons (Fsp3) is 0.167. The normalized spacial score (nSPS) is 10.4. The predicted octanol–water partition coefficient (Wildman–Crippen LogP) is 3.65. The number of nitrogens with one attached hydrogen (secondary N) is 1.